The van der Waals surface area contributed by atoms with Crippen molar-refractivity contribution in [2.24, 2.45) is 5.92 Å². The fourth-order valence-corrected chi connectivity index (χ4v) is 3.28. The Hall–Kier alpha value is -2.67. The van der Waals surface area contributed by atoms with Gasteiger partial charge < -0.3 is 15.4 Å². The molecule has 0 unspecified atom stereocenters. The predicted octanol–water partition coefficient (Wildman–Crippen LogP) is 3.69. The van der Waals surface area contributed by atoms with E-state index in [0.717, 1.165) is 11.1 Å². The molecule has 2 aromatic rings. The number of nitrogens with one attached hydrogen (secondary N) is 2. The highest BCUT2D eigenvalue weighted by molar-refractivity contribution is 7.12. The molecule has 6 nitrogen and oxygen atoms in total. The Morgan fingerprint density at radius 2 is 1.64 bits per heavy atom. The van der Waals surface area contributed by atoms with Gasteiger partial charge in [0.15, 0.2) is 6.10 Å². The van der Waals surface area contributed by atoms with Crippen molar-refractivity contribution in [3.8, 4) is 0 Å². The minimum atomic E-state index is -0.994. The molecule has 0 saturated heterocycles. The molecule has 28 heavy (non-hydrogen) atoms. The molecule has 1 aromatic carbocycles. The number of carbonyl (C=O) groups is 3. The van der Waals surface area contributed by atoms with Gasteiger partial charge in [-0.15, -0.1) is 11.3 Å². The summed E-state index contributed by atoms with van der Waals surface area (Å²) in [5.41, 5.74) is 2.56. The van der Waals surface area contributed by atoms with Crippen molar-refractivity contribution in [1.82, 2.24) is 5.32 Å². The molecule has 0 saturated carbocycles. The van der Waals surface area contributed by atoms with E-state index in [1.807, 2.05) is 45.9 Å². The van der Waals surface area contributed by atoms with Crippen LogP contribution >= 0.6 is 11.3 Å². The Kier molecular flexibility index (Phi) is 7.34. The lowest BCUT2D eigenvalue weighted by molar-refractivity contribution is -0.156. The maximum Gasteiger partial charge on any atom is 0.329 e. The number of aryl methyl sites for hydroxylation is 2. The van der Waals surface area contributed by atoms with Crippen LogP contribution in [0.15, 0.2) is 35.7 Å². The fourth-order valence-electron chi connectivity index (χ4n) is 2.66. The monoisotopic (exact) mass is 402 g/mol. The van der Waals surface area contributed by atoms with Crippen LogP contribution in [0.4, 0.5) is 5.69 Å². The molecule has 0 radical (unpaired) electrons. The molecule has 2 rings (SSSR count). The van der Waals surface area contributed by atoms with E-state index in [9.17, 15) is 14.4 Å². The average Bonchev–Trinajstić information content (AvgIpc) is 3.16. The van der Waals surface area contributed by atoms with Crippen LogP contribution < -0.4 is 10.6 Å². The van der Waals surface area contributed by atoms with Gasteiger partial charge in [0.2, 0.25) is 0 Å². The van der Waals surface area contributed by atoms with Gasteiger partial charge >= 0.3 is 5.97 Å². The summed E-state index contributed by atoms with van der Waals surface area (Å²) >= 11 is 1.29. The van der Waals surface area contributed by atoms with Crippen molar-refractivity contribution in [2.75, 3.05) is 5.32 Å². The Bertz CT molecular complexity index is 826. The third kappa shape index (κ3) is 5.42. The number of hydrogen-bond donors (Lipinski definition) is 2. The number of amides is 2. The average molecular weight is 403 g/mol. The molecule has 0 spiro atoms. The second-order valence-electron chi connectivity index (χ2n) is 7.01. The van der Waals surface area contributed by atoms with Gasteiger partial charge in [0.05, 0.1) is 4.88 Å². The highest BCUT2D eigenvalue weighted by atomic mass is 32.1. The van der Waals surface area contributed by atoms with E-state index in [1.54, 1.807) is 17.5 Å². The maximum absolute atomic E-state index is 12.6. The topological polar surface area (TPSA) is 84.5 Å². The van der Waals surface area contributed by atoms with Gasteiger partial charge in [-0.1, -0.05) is 38.1 Å². The number of benzene rings is 1. The molecule has 150 valence electrons. The summed E-state index contributed by atoms with van der Waals surface area (Å²) in [6.45, 7) is 8.92. The third-order valence-electron chi connectivity index (χ3n) is 4.34. The van der Waals surface area contributed by atoms with E-state index >= 15 is 0 Å². The number of carbonyl (C=O) groups excluding carboxylic acids is 3. The first kappa shape index (κ1) is 21.6. The second kappa shape index (κ2) is 9.50. The van der Waals surface area contributed by atoms with Crippen LogP contribution in [0.5, 0.6) is 0 Å². The van der Waals surface area contributed by atoms with Crippen LogP contribution in [0.1, 0.15) is 41.6 Å². The Labute approximate surface area is 169 Å². The van der Waals surface area contributed by atoms with Gasteiger partial charge in [0.25, 0.3) is 11.8 Å². The van der Waals surface area contributed by atoms with Gasteiger partial charge in [-0.2, -0.15) is 0 Å². The molecule has 1 aromatic heterocycles. The smallest absolute Gasteiger partial charge is 0.329 e. The minimum absolute atomic E-state index is 0.190. The number of thiophene rings is 1. The summed E-state index contributed by atoms with van der Waals surface area (Å²) in [6.07, 6.45) is -0.994. The molecule has 0 aliphatic carbocycles. The normalized spacial score (nSPS) is 12.9. The Balaban J connectivity index is 2.01. The first-order valence-corrected chi connectivity index (χ1v) is 10.0. The molecular weight excluding hydrogens is 376 g/mol. The van der Waals surface area contributed by atoms with E-state index in [4.69, 9.17) is 4.74 Å². The van der Waals surface area contributed by atoms with Gasteiger partial charge in [-0.05, 0) is 49.3 Å². The van der Waals surface area contributed by atoms with E-state index in [1.165, 1.54) is 18.3 Å². The summed E-state index contributed by atoms with van der Waals surface area (Å²) in [5.74, 6) is -1.58. The largest absolute Gasteiger partial charge is 0.451 e. The van der Waals surface area contributed by atoms with E-state index in [0.29, 0.717) is 10.6 Å². The van der Waals surface area contributed by atoms with Crippen LogP contribution in [-0.4, -0.2) is 29.9 Å². The summed E-state index contributed by atoms with van der Waals surface area (Å²) in [4.78, 5) is 37.8. The fraction of sp³-hybridized carbons (Fsp3) is 0.381. The van der Waals surface area contributed by atoms with Crippen molar-refractivity contribution in [2.45, 2.75) is 46.8 Å². The molecule has 7 heteroatoms. The maximum atomic E-state index is 12.6. The number of esters is 1. The van der Waals surface area contributed by atoms with Crippen molar-refractivity contribution in [3.05, 3.63) is 51.7 Å². The van der Waals surface area contributed by atoms with E-state index in [2.05, 4.69) is 10.6 Å². The van der Waals surface area contributed by atoms with Crippen LogP contribution in [0.25, 0.3) is 0 Å². The van der Waals surface area contributed by atoms with E-state index in [-0.39, 0.29) is 11.8 Å². The van der Waals surface area contributed by atoms with Crippen LogP contribution in [0.2, 0.25) is 0 Å². The van der Waals surface area contributed by atoms with Gasteiger partial charge in [0, 0.05) is 5.69 Å². The van der Waals surface area contributed by atoms with Gasteiger partial charge in [-0.25, -0.2) is 4.79 Å². The standard InChI is InChI=1S/C21H26N2O4S/c1-12(2)17(22-20(25)16-10-7-11-28-16)21(26)27-15(5)19(24)23-18-13(3)8-6-9-14(18)4/h6-12,15,17H,1-5H3,(H,22,25)(H,23,24)/t15-,17+/m1/s1. The van der Waals surface area contributed by atoms with Crippen LogP contribution in [-0.2, 0) is 14.3 Å². The lowest BCUT2D eigenvalue weighted by Gasteiger charge is -2.23. The molecule has 1 heterocycles. The molecule has 0 aliphatic rings. The summed E-state index contributed by atoms with van der Waals surface area (Å²) in [7, 11) is 0. The van der Waals surface area contributed by atoms with Crippen LogP contribution in [0.3, 0.4) is 0 Å². The first-order chi connectivity index (χ1) is 13.2. The number of para-hydroxylation sites is 1. The Morgan fingerprint density at radius 3 is 2.18 bits per heavy atom. The second-order valence-corrected chi connectivity index (χ2v) is 7.96. The molecule has 0 aliphatic heterocycles. The highest BCUT2D eigenvalue weighted by Crippen LogP contribution is 2.20. The Morgan fingerprint density at radius 1 is 1.00 bits per heavy atom. The summed E-state index contributed by atoms with van der Waals surface area (Å²) in [6, 6.07) is 8.31. The first-order valence-electron chi connectivity index (χ1n) is 9.12. The number of hydrogen-bond acceptors (Lipinski definition) is 5. The minimum Gasteiger partial charge on any atom is -0.451 e. The quantitative estimate of drug-likeness (QED) is 0.692. The van der Waals surface area contributed by atoms with E-state index < -0.39 is 24.0 Å². The number of ether oxygens (including phenoxy) is 1. The zero-order valence-electron chi connectivity index (χ0n) is 16.7. The summed E-state index contributed by atoms with van der Waals surface area (Å²) < 4.78 is 5.34. The summed E-state index contributed by atoms with van der Waals surface area (Å²) in [5, 5.41) is 7.30. The lowest BCUT2D eigenvalue weighted by atomic mass is 10.0. The van der Waals surface area contributed by atoms with Crippen molar-refractivity contribution < 1.29 is 19.1 Å². The highest BCUT2D eigenvalue weighted by Gasteiger charge is 2.29. The molecule has 2 N–H and O–H groups in total. The van der Waals surface area contributed by atoms with Crippen molar-refractivity contribution in [3.63, 3.8) is 0 Å². The zero-order valence-corrected chi connectivity index (χ0v) is 17.6. The molecule has 2 amide bonds. The molecule has 0 bridgehead atoms. The van der Waals surface area contributed by atoms with Crippen LogP contribution in [0, 0.1) is 19.8 Å². The SMILES string of the molecule is Cc1cccc(C)c1NC(=O)[C@@H](C)OC(=O)[C@@H](NC(=O)c1cccs1)C(C)C. The van der Waals surface area contributed by atoms with Gasteiger partial charge in [-0.3, -0.25) is 9.59 Å². The third-order valence-corrected chi connectivity index (χ3v) is 5.21. The number of rotatable bonds is 7. The molecule has 0 fully saturated rings. The zero-order chi connectivity index (χ0) is 20.8. The number of anilines is 1. The lowest BCUT2D eigenvalue weighted by Crippen LogP contribution is -2.47. The predicted molar refractivity (Wildman–Crippen MR) is 111 cm³/mol. The van der Waals surface area contributed by atoms with Crippen molar-refractivity contribution >= 4 is 34.8 Å². The molecular formula is C21H26N2O4S. The van der Waals surface area contributed by atoms with Gasteiger partial charge in [0.1, 0.15) is 6.04 Å². The van der Waals surface area contributed by atoms with Crippen molar-refractivity contribution in [1.29, 1.82) is 0 Å². The molecule has 2 atom stereocenters.